The molecule has 0 bridgehead atoms. The van der Waals surface area contributed by atoms with Crippen LogP contribution in [0, 0.1) is 5.92 Å². The summed E-state index contributed by atoms with van der Waals surface area (Å²) in [4.78, 5) is 0. The van der Waals surface area contributed by atoms with Crippen molar-refractivity contribution in [3.05, 3.63) is 33.8 Å². The van der Waals surface area contributed by atoms with E-state index in [-0.39, 0.29) is 12.5 Å². The third-order valence-electron chi connectivity index (χ3n) is 2.90. The summed E-state index contributed by atoms with van der Waals surface area (Å²) in [5.74, 6) is -0.215. The second-order valence-electron chi connectivity index (χ2n) is 4.17. The maximum absolute atomic E-state index is 10.2. The van der Waals surface area contributed by atoms with Gasteiger partial charge < -0.3 is 10.2 Å². The molecule has 0 aromatic heterocycles. The highest BCUT2D eigenvalue weighted by Crippen LogP contribution is 2.35. The Kier molecular flexibility index (Phi) is 6.28. The number of hydrogen-bond donors (Lipinski definition) is 2. The van der Waals surface area contributed by atoms with Crippen molar-refractivity contribution in [3.8, 4) is 0 Å². The van der Waals surface area contributed by atoms with Crippen molar-refractivity contribution in [1.82, 2.24) is 0 Å². The van der Waals surface area contributed by atoms with E-state index in [1.807, 2.05) is 0 Å². The lowest BCUT2D eigenvalue weighted by Crippen LogP contribution is -2.17. The number of rotatable bonds is 6. The van der Waals surface area contributed by atoms with Crippen molar-refractivity contribution < 1.29 is 10.2 Å². The van der Waals surface area contributed by atoms with Crippen LogP contribution in [0.15, 0.2) is 18.2 Å². The van der Waals surface area contributed by atoms with Crippen LogP contribution >= 0.6 is 23.2 Å². The summed E-state index contributed by atoms with van der Waals surface area (Å²) < 4.78 is 0. The summed E-state index contributed by atoms with van der Waals surface area (Å²) in [6, 6.07) is 5.13. The molecule has 0 heterocycles. The quantitative estimate of drug-likeness (QED) is 0.829. The maximum Gasteiger partial charge on any atom is 0.0869 e. The van der Waals surface area contributed by atoms with Gasteiger partial charge in [-0.05, 0) is 18.6 Å². The molecular formula is C13H18Cl2O2. The Labute approximate surface area is 112 Å². The van der Waals surface area contributed by atoms with E-state index in [9.17, 15) is 10.2 Å². The molecule has 0 amide bonds. The average molecular weight is 277 g/mol. The van der Waals surface area contributed by atoms with Crippen molar-refractivity contribution in [1.29, 1.82) is 0 Å². The molecule has 0 saturated heterocycles. The lowest BCUT2D eigenvalue weighted by Gasteiger charge is -2.22. The summed E-state index contributed by atoms with van der Waals surface area (Å²) in [5.41, 5.74) is 0.519. The zero-order chi connectivity index (χ0) is 12.8. The van der Waals surface area contributed by atoms with Crippen LogP contribution in [0.5, 0.6) is 0 Å². The van der Waals surface area contributed by atoms with E-state index in [2.05, 4.69) is 6.92 Å². The lowest BCUT2D eigenvalue weighted by atomic mass is 9.92. The van der Waals surface area contributed by atoms with Gasteiger partial charge in [-0.2, -0.15) is 0 Å². The van der Waals surface area contributed by atoms with Gasteiger partial charge in [0.05, 0.1) is 6.10 Å². The average Bonchev–Trinajstić information content (AvgIpc) is 2.30. The molecule has 0 spiro atoms. The molecule has 1 aromatic carbocycles. The number of unbranched alkanes of at least 4 members (excludes halogenated alkanes) is 1. The minimum absolute atomic E-state index is 0.0667. The first-order valence-corrected chi connectivity index (χ1v) is 6.60. The lowest BCUT2D eigenvalue weighted by molar-refractivity contribution is 0.0607. The molecule has 2 atom stereocenters. The zero-order valence-electron chi connectivity index (χ0n) is 9.87. The normalized spacial score (nSPS) is 14.6. The Morgan fingerprint density at radius 3 is 2.29 bits per heavy atom. The smallest absolute Gasteiger partial charge is 0.0869 e. The number of aliphatic hydroxyl groups excluding tert-OH is 2. The Bertz CT molecular complexity index is 335. The largest absolute Gasteiger partial charge is 0.396 e. The fourth-order valence-corrected chi connectivity index (χ4v) is 2.47. The van der Waals surface area contributed by atoms with Gasteiger partial charge in [0.15, 0.2) is 0 Å². The predicted octanol–water partition coefficient (Wildman–Crippen LogP) is 3.83. The second kappa shape index (κ2) is 7.22. The maximum atomic E-state index is 10.2. The fraction of sp³-hybridized carbons (Fsp3) is 0.538. The molecule has 0 fully saturated rings. The molecule has 0 aliphatic rings. The van der Waals surface area contributed by atoms with Gasteiger partial charge in [-0.15, -0.1) is 0 Å². The van der Waals surface area contributed by atoms with Gasteiger partial charge in [-0.3, -0.25) is 0 Å². The van der Waals surface area contributed by atoms with Gasteiger partial charge in [-0.1, -0.05) is 49.0 Å². The van der Waals surface area contributed by atoms with Gasteiger partial charge in [0, 0.05) is 28.1 Å². The third kappa shape index (κ3) is 3.85. The Hall–Kier alpha value is -0.280. The topological polar surface area (TPSA) is 40.5 Å². The minimum atomic E-state index is -0.812. The van der Waals surface area contributed by atoms with Gasteiger partial charge in [0.1, 0.15) is 0 Å². The fourth-order valence-electron chi connectivity index (χ4n) is 1.84. The van der Waals surface area contributed by atoms with Crippen molar-refractivity contribution in [2.24, 2.45) is 5.92 Å². The molecule has 0 aliphatic heterocycles. The van der Waals surface area contributed by atoms with E-state index in [4.69, 9.17) is 23.2 Å². The highest BCUT2D eigenvalue weighted by molar-refractivity contribution is 6.36. The number of aliphatic hydroxyl groups is 2. The third-order valence-corrected chi connectivity index (χ3v) is 3.56. The molecule has 0 radical (unpaired) electrons. The molecule has 17 heavy (non-hydrogen) atoms. The minimum Gasteiger partial charge on any atom is -0.396 e. The molecule has 96 valence electrons. The highest BCUT2D eigenvalue weighted by atomic mass is 35.5. The first-order chi connectivity index (χ1) is 8.11. The number of hydrogen-bond acceptors (Lipinski definition) is 2. The SMILES string of the molecule is CCCCC(CO)C(O)c1c(Cl)cccc1Cl. The summed E-state index contributed by atoms with van der Waals surface area (Å²) in [5, 5.41) is 20.4. The number of halogens is 2. The van der Waals surface area contributed by atoms with E-state index in [0.717, 1.165) is 19.3 Å². The van der Waals surface area contributed by atoms with Crippen LogP contribution in [0.2, 0.25) is 10.0 Å². The van der Waals surface area contributed by atoms with Crippen LogP contribution in [0.1, 0.15) is 37.9 Å². The van der Waals surface area contributed by atoms with Crippen molar-refractivity contribution in [2.45, 2.75) is 32.3 Å². The molecule has 2 N–H and O–H groups in total. The molecule has 0 aliphatic carbocycles. The zero-order valence-corrected chi connectivity index (χ0v) is 11.4. The monoisotopic (exact) mass is 276 g/mol. The number of benzene rings is 1. The van der Waals surface area contributed by atoms with Crippen LogP contribution in [-0.2, 0) is 0 Å². The molecule has 4 heteroatoms. The van der Waals surface area contributed by atoms with Crippen molar-refractivity contribution in [2.75, 3.05) is 6.61 Å². The van der Waals surface area contributed by atoms with E-state index in [1.54, 1.807) is 18.2 Å². The summed E-state index contributed by atoms with van der Waals surface area (Å²) in [7, 11) is 0. The molecular weight excluding hydrogens is 259 g/mol. The Balaban J connectivity index is 2.89. The van der Waals surface area contributed by atoms with Crippen LogP contribution in [-0.4, -0.2) is 16.8 Å². The Morgan fingerprint density at radius 1 is 1.24 bits per heavy atom. The van der Waals surface area contributed by atoms with Crippen molar-refractivity contribution >= 4 is 23.2 Å². The Morgan fingerprint density at radius 2 is 1.82 bits per heavy atom. The predicted molar refractivity (Wildman–Crippen MR) is 71.5 cm³/mol. The van der Waals surface area contributed by atoms with E-state index < -0.39 is 6.10 Å². The molecule has 1 aromatic rings. The van der Waals surface area contributed by atoms with E-state index in [1.165, 1.54) is 0 Å². The summed E-state index contributed by atoms with van der Waals surface area (Å²) in [6.07, 6.45) is 1.94. The van der Waals surface area contributed by atoms with Crippen LogP contribution < -0.4 is 0 Å². The van der Waals surface area contributed by atoms with Gasteiger partial charge >= 0.3 is 0 Å². The first-order valence-electron chi connectivity index (χ1n) is 5.84. The molecule has 2 nitrogen and oxygen atoms in total. The van der Waals surface area contributed by atoms with E-state index >= 15 is 0 Å². The second-order valence-corrected chi connectivity index (χ2v) is 4.98. The van der Waals surface area contributed by atoms with Crippen molar-refractivity contribution in [3.63, 3.8) is 0 Å². The highest BCUT2D eigenvalue weighted by Gasteiger charge is 2.23. The van der Waals surface area contributed by atoms with Crippen LogP contribution in [0.25, 0.3) is 0 Å². The van der Waals surface area contributed by atoms with E-state index in [0.29, 0.717) is 15.6 Å². The molecule has 2 unspecified atom stereocenters. The van der Waals surface area contributed by atoms with Gasteiger partial charge in [0.25, 0.3) is 0 Å². The first kappa shape index (κ1) is 14.8. The summed E-state index contributed by atoms with van der Waals surface area (Å²) >= 11 is 12.1. The molecule has 0 saturated carbocycles. The van der Waals surface area contributed by atoms with Crippen LogP contribution in [0.3, 0.4) is 0 Å². The van der Waals surface area contributed by atoms with Gasteiger partial charge in [0.2, 0.25) is 0 Å². The molecule has 1 rings (SSSR count). The van der Waals surface area contributed by atoms with Crippen LogP contribution in [0.4, 0.5) is 0 Å². The standard InChI is InChI=1S/C13H18Cl2O2/c1-2-3-5-9(8-16)13(17)12-10(14)6-4-7-11(12)15/h4,6-7,9,13,16-17H,2-3,5,8H2,1H3. The van der Waals surface area contributed by atoms with Gasteiger partial charge in [-0.25, -0.2) is 0 Å². The summed E-state index contributed by atoms with van der Waals surface area (Å²) in [6.45, 7) is 2.01.